The Morgan fingerprint density at radius 2 is 1.18 bits per heavy atom. The summed E-state index contributed by atoms with van der Waals surface area (Å²) >= 11 is 0. The number of carbonyl (C=O) groups is 1. The van der Waals surface area contributed by atoms with Crippen LogP contribution in [0.1, 0.15) is 52.7 Å². The molecule has 0 spiro atoms. The van der Waals surface area contributed by atoms with E-state index >= 15 is 0 Å². The van der Waals surface area contributed by atoms with Crippen LogP contribution in [0.5, 0.6) is 0 Å². The van der Waals surface area contributed by atoms with Gasteiger partial charge in [-0.2, -0.15) is 13.2 Å². The highest BCUT2D eigenvalue weighted by molar-refractivity contribution is 7.48. The summed E-state index contributed by atoms with van der Waals surface area (Å²) in [5, 5.41) is 1.87. The number of hydrogen-bond donors (Lipinski definition) is 1. The second kappa shape index (κ2) is 16.1. The maximum Gasteiger partial charge on any atom is 0.475 e. The quantitative estimate of drug-likeness (QED) is 0.224. The summed E-state index contributed by atoms with van der Waals surface area (Å²) in [4.78, 5) is 11.1. The van der Waals surface area contributed by atoms with Crippen molar-refractivity contribution in [1.29, 1.82) is 0 Å². The van der Waals surface area contributed by atoms with Gasteiger partial charge in [-0.1, -0.05) is 102 Å². The number of phosphoric ester groups is 1. The van der Waals surface area contributed by atoms with Crippen LogP contribution in [0.4, 0.5) is 13.2 Å². The fourth-order valence-electron chi connectivity index (χ4n) is 2.94. The smallest absolute Gasteiger partial charge is 0.380 e. The Labute approximate surface area is 230 Å². The molecule has 0 radical (unpaired) electrons. The topological polar surface area (TPSA) is 83.1 Å². The Morgan fingerprint density at radius 3 is 1.62 bits per heavy atom. The maximum absolute atomic E-state index is 13.4. The summed E-state index contributed by atoms with van der Waals surface area (Å²) in [6, 6.07) is 18.4. The van der Waals surface area contributed by atoms with Gasteiger partial charge in [0.2, 0.25) is 0 Å². The first-order valence-electron chi connectivity index (χ1n) is 12.7. The van der Waals surface area contributed by atoms with Gasteiger partial charge in [-0.05, 0) is 11.1 Å². The number of rotatable bonds is 15. The summed E-state index contributed by atoms with van der Waals surface area (Å²) in [5.74, 6) is -1.99. The lowest BCUT2D eigenvalue weighted by atomic mass is 9.93. The molecule has 7 nitrogen and oxygen atoms in total. The van der Waals surface area contributed by atoms with Crippen molar-refractivity contribution in [3.63, 3.8) is 0 Å². The van der Waals surface area contributed by atoms with Gasteiger partial charge in [0.1, 0.15) is 0 Å². The van der Waals surface area contributed by atoms with Crippen LogP contribution in [0.3, 0.4) is 0 Å². The van der Waals surface area contributed by atoms with Crippen LogP contribution in [0.25, 0.3) is 0 Å². The van der Waals surface area contributed by atoms with Gasteiger partial charge in [0.15, 0.2) is 0 Å². The van der Waals surface area contributed by atoms with E-state index in [0.29, 0.717) is 0 Å². The van der Waals surface area contributed by atoms with Gasteiger partial charge in [-0.25, -0.2) is 4.57 Å². The molecular formula is C28H41F3NO6P. The number of phosphoric acid groups is 1. The zero-order valence-corrected chi connectivity index (χ0v) is 24.4. The summed E-state index contributed by atoms with van der Waals surface area (Å²) in [7, 11) is -3.96. The van der Waals surface area contributed by atoms with E-state index in [2.05, 4.69) is 0 Å². The Morgan fingerprint density at radius 1 is 0.744 bits per heavy atom. The normalized spacial score (nSPS) is 12.4. The predicted molar refractivity (Wildman–Crippen MR) is 145 cm³/mol. The molecule has 2 aromatic rings. The molecule has 0 atom stereocenters. The molecule has 2 rings (SSSR count). The molecule has 0 aromatic heterocycles. The third-order valence-corrected chi connectivity index (χ3v) is 6.38. The largest absolute Gasteiger partial charge is 0.475 e. The van der Waals surface area contributed by atoms with Crippen LogP contribution in [0.2, 0.25) is 0 Å². The van der Waals surface area contributed by atoms with E-state index < -0.39 is 30.7 Å². The zero-order valence-electron chi connectivity index (χ0n) is 23.5. The summed E-state index contributed by atoms with van der Waals surface area (Å²) in [6.45, 7) is 11.1. The molecular weight excluding hydrogens is 534 g/mol. The predicted octanol–water partition coefficient (Wildman–Crippen LogP) is 7.32. The van der Waals surface area contributed by atoms with Gasteiger partial charge >= 0.3 is 19.9 Å². The van der Waals surface area contributed by atoms with Crippen molar-refractivity contribution < 1.29 is 40.8 Å². The van der Waals surface area contributed by atoms with E-state index in [1.807, 2.05) is 93.7 Å². The van der Waals surface area contributed by atoms with E-state index in [-0.39, 0.29) is 39.6 Å². The highest BCUT2D eigenvalue weighted by atomic mass is 31.2. The molecule has 220 valence electrons. The van der Waals surface area contributed by atoms with Gasteiger partial charge < -0.3 is 10.1 Å². The molecule has 39 heavy (non-hydrogen) atoms. The number of ether oxygens (including phenoxy) is 1. The minimum absolute atomic E-state index is 0.0287. The number of alkyl halides is 3. The average molecular weight is 576 g/mol. The average Bonchev–Trinajstić information content (AvgIpc) is 2.90. The zero-order chi connectivity index (χ0) is 29.6. The van der Waals surface area contributed by atoms with E-state index in [0.717, 1.165) is 11.1 Å². The van der Waals surface area contributed by atoms with E-state index in [1.54, 1.807) is 13.8 Å². The third kappa shape index (κ3) is 14.6. The second-order valence-electron chi connectivity index (χ2n) is 10.2. The molecule has 0 aliphatic carbocycles. The summed E-state index contributed by atoms with van der Waals surface area (Å²) in [6.07, 6.45) is -4.94. The number of nitrogens with one attached hydrogen (secondary N) is 1. The van der Waals surface area contributed by atoms with Gasteiger partial charge in [-0.3, -0.25) is 18.4 Å². The molecule has 1 N–H and O–H groups in total. The summed E-state index contributed by atoms with van der Waals surface area (Å²) in [5.41, 5.74) is 0.229. The van der Waals surface area contributed by atoms with Crippen molar-refractivity contribution in [1.82, 2.24) is 5.32 Å². The first-order chi connectivity index (χ1) is 18.2. The van der Waals surface area contributed by atoms with Crippen molar-refractivity contribution in [2.24, 2.45) is 10.8 Å². The number of halogens is 3. The fourth-order valence-corrected chi connectivity index (χ4v) is 4.28. The van der Waals surface area contributed by atoms with E-state index in [1.165, 1.54) is 0 Å². The lowest BCUT2D eigenvalue weighted by molar-refractivity contribution is -0.174. The van der Waals surface area contributed by atoms with Crippen LogP contribution in [0.15, 0.2) is 60.7 Å². The van der Waals surface area contributed by atoms with Crippen molar-refractivity contribution in [3.8, 4) is 0 Å². The monoisotopic (exact) mass is 575 g/mol. The molecule has 0 saturated heterocycles. The van der Waals surface area contributed by atoms with Gasteiger partial charge in [0.05, 0.1) is 33.0 Å². The van der Waals surface area contributed by atoms with Gasteiger partial charge in [0, 0.05) is 17.4 Å². The lowest BCUT2D eigenvalue weighted by Gasteiger charge is -2.30. The van der Waals surface area contributed by atoms with E-state index in [4.69, 9.17) is 18.3 Å². The highest BCUT2D eigenvalue weighted by Crippen LogP contribution is 2.52. The Bertz CT molecular complexity index is 969. The van der Waals surface area contributed by atoms with Gasteiger partial charge in [0.25, 0.3) is 0 Å². The van der Waals surface area contributed by atoms with Crippen molar-refractivity contribution in [3.05, 3.63) is 71.8 Å². The highest BCUT2D eigenvalue weighted by Gasteiger charge is 2.39. The first kappa shape index (κ1) is 34.8. The number of hydrogen-bond acceptors (Lipinski definition) is 6. The SMILES string of the molecule is CC.CC(C)(CNC(=O)C(F)(F)F)COCC(C)(C)COP(=O)(OCc1ccccc1)OCc1ccccc1. The van der Waals surface area contributed by atoms with Crippen molar-refractivity contribution >= 4 is 13.7 Å². The van der Waals surface area contributed by atoms with Crippen LogP contribution < -0.4 is 5.32 Å². The number of carbonyl (C=O) groups excluding carboxylic acids is 1. The molecule has 0 saturated carbocycles. The molecule has 0 heterocycles. The number of benzene rings is 2. The fraction of sp³-hybridized carbons (Fsp3) is 0.536. The molecule has 0 unspecified atom stereocenters. The van der Waals surface area contributed by atoms with Crippen LogP contribution in [0, 0.1) is 10.8 Å². The lowest BCUT2D eigenvalue weighted by Crippen LogP contribution is -2.43. The molecule has 0 fully saturated rings. The molecule has 1 amide bonds. The molecule has 0 bridgehead atoms. The van der Waals surface area contributed by atoms with Crippen molar-refractivity contribution in [2.45, 2.75) is 60.9 Å². The molecule has 2 aromatic carbocycles. The maximum atomic E-state index is 13.4. The van der Waals surface area contributed by atoms with Crippen molar-refractivity contribution in [2.75, 3.05) is 26.4 Å². The minimum Gasteiger partial charge on any atom is -0.380 e. The Balaban J connectivity index is 0.00000371. The van der Waals surface area contributed by atoms with E-state index in [9.17, 15) is 22.5 Å². The molecule has 11 heteroatoms. The summed E-state index contributed by atoms with van der Waals surface area (Å²) < 4.78 is 73.3. The van der Waals surface area contributed by atoms with Gasteiger partial charge in [-0.15, -0.1) is 0 Å². The Kier molecular flexibility index (Phi) is 14.4. The first-order valence-corrected chi connectivity index (χ1v) is 14.2. The standard InChI is InChI=1S/C26H35F3NO6P.C2H6/c1-24(2,17-30-23(31)26(27,28)29)18-33-19-25(3,4)20-36-37(32,34-15-21-11-7-5-8-12-21)35-16-22-13-9-6-10-14-22;1-2/h5-14H,15-20H2,1-4H3,(H,30,31);1-2H3. The third-order valence-electron chi connectivity index (χ3n) is 5.05. The Hall–Kier alpha value is -2.23. The van der Waals surface area contributed by atoms with Crippen LogP contribution >= 0.6 is 7.82 Å². The number of amides is 1. The molecule has 0 aliphatic heterocycles. The second-order valence-corrected chi connectivity index (χ2v) is 11.9. The van der Waals surface area contributed by atoms with Crippen LogP contribution in [-0.2, 0) is 40.9 Å². The minimum atomic E-state index is -4.94. The van der Waals surface area contributed by atoms with Crippen LogP contribution in [-0.4, -0.2) is 38.4 Å². The molecule has 0 aliphatic rings.